The Hall–Kier alpha value is -0.870. The number of rotatable bonds is 4. The molecule has 0 aliphatic carbocycles. The van der Waals surface area contributed by atoms with Crippen LogP contribution in [0.3, 0.4) is 0 Å². The van der Waals surface area contributed by atoms with Crippen molar-refractivity contribution in [2.45, 2.75) is 31.7 Å². The topological polar surface area (TPSA) is 40.5 Å². The number of amides is 1. The molecule has 1 aliphatic heterocycles. The van der Waals surface area contributed by atoms with Crippen molar-refractivity contribution in [3.05, 3.63) is 22.4 Å². The molecule has 2 heterocycles. The van der Waals surface area contributed by atoms with E-state index in [0.29, 0.717) is 12.8 Å². The Morgan fingerprint density at radius 3 is 3.19 bits per heavy atom. The highest BCUT2D eigenvalue weighted by molar-refractivity contribution is 7.10. The van der Waals surface area contributed by atoms with Crippen LogP contribution in [0.5, 0.6) is 0 Å². The molecule has 0 spiro atoms. The van der Waals surface area contributed by atoms with Crippen LogP contribution in [0.4, 0.5) is 0 Å². The summed E-state index contributed by atoms with van der Waals surface area (Å²) in [7, 11) is 0. The van der Waals surface area contributed by atoms with Gasteiger partial charge in [-0.2, -0.15) is 0 Å². The lowest BCUT2D eigenvalue weighted by Crippen LogP contribution is -2.30. The van der Waals surface area contributed by atoms with Gasteiger partial charge in [-0.25, -0.2) is 0 Å². The van der Waals surface area contributed by atoms with Crippen LogP contribution in [0, 0.1) is 0 Å². The van der Waals surface area contributed by atoms with Gasteiger partial charge < -0.3 is 10.0 Å². The molecular weight excluding hydrogens is 222 g/mol. The van der Waals surface area contributed by atoms with Crippen LogP contribution in [0.15, 0.2) is 17.5 Å². The van der Waals surface area contributed by atoms with Crippen molar-refractivity contribution in [3.63, 3.8) is 0 Å². The summed E-state index contributed by atoms with van der Waals surface area (Å²) in [6.07, 6.45) is 3.21. The molecule has 1 saturated heterocycles. The number of hydrogen-bond donors (Lipinski definition) is 1. The van der Waals surface area contributed by atoms with Gasteiger partial charge in [-0.15, -0.1) is 11.3 Å². The lowest BCUT2D eigenvalue weighted by atomic mass is 10.2. The van der Waals surface area contributed by atoms with Crippen LogP contribution < -0.4 is 0 Å². The Morgan fingerprint density at radius 2 is 2.50 bits per heavy atom. The SMILES string of the molecule is O=C(CCCO)N1CCCC1c1cccs1. The number of thiophene rings is 1. The van der Waals surface area contributed by atoms with Crippen LogP contribution in [0.25, 0.3) is 0 Å². The van der Waals surface area contributed by atoms with Gasteiger partial charge in [-0.3, -0.25) is 4.79 Å². The maximum absolute atomic E-state index is 11.9. The molecular formula is C12H17NO2S. The van der Waals surface area contributed by atoms with E-state index in [-0.39, 0.29) is 18.6 Å². The summed E-state index contributed by atoms with van der Waals surface area (Å²) in [5.74, 6) is 0.185. The molecule has 2 rings (SSSR count). The number of aliphatic hydroxyl groups excluding tert-OH is 1. The molecule has 1 aromatic heterocycles. The van der Waals surface area contributed by atoms with Crippen LogP contribution in [-0.4, -0.2) is 29.1 Å². The first-order valence-electron chi connectivity index (χ1n) is 5.76. The van der Waals surface area contributed by atoms with E-state index < -0.39 is 0 Å². The van der Waals surface area contributed by atoms with E-state index in [2.05, 4.69) is 11.4 Å². The van der Waals surface area contributed by atoms with Crippen molar-refractivity contribution < 1.29 is 9.90 Å². The molecule has 1 amide bonds. The zero-order valence-electron chi connectivity index (χ0n) is 9.26. The number of likely N-dealkylation sites (tertiary alicyclic amines) is 1. The highest BCUT2D eigenvalue weighted by atomic mass is 32.1. The van der Waals surface area contributed by atoms with Gasteiger partial charge in [-0.05, 0) is 30.7 Å². The fourth-order valence-electron chi connectivity index (χ4n) is 2.22. The molecule has 88 valence electrons. The first kappa shape index (κ1) is 11.6. The highest BCUT2D eigenvalue weighted by Gasteiger charge is 2.29. The van der Waals surface area contributed by atoms with Crippen molar-refractivity contribution in [2.24, 2.45) is 0 Å². The number of carbonyl (C=O) groups excluding carboxylic acids is 1. The Morgan fingerprint density at radius 1 is 1.62 bits per heavy atom. The minimum atomic E-state index is 0.100. The second-order valence-electron chi connectivity index (χ2n) is 4.09. The third-order valence-corrected chi connectivity index (χ3v) is 3.97. The average Bonchev–Trinajstić information content (AvgIpc) is 2.94. The van der Waals surface area contributed by atoms with Gasteiger partial charge >= 0.3 is 0 Å². The van der Waals surface area contributed by atoms with Crippen molar-refractivity contribution in [1.82, 2.24) is 4.90 Å². The summed E-state index contributed by atoms with van der Waals surface area (Å²) in [5, 5.41) is 10.8. The fourth-order valence-corrected chi connectivity index (χ4v) is 3.09. The smallest absolute Gasteiger partial charge is 0.223 e. The van der Waals surface area contributed by atoms with Gasteiger partial charge in [-0.1, -0.05) is 6.07 Å². The van der Waals surface area contributed by atoms with Crippen LogP contribution >= 0.6 is 11.3 Å². The van der Waals surface area contributed by atoms with Crippen molar-refractivity contribution >= 4 is 17.2 Å². The first-order chi connectivity index (χ1) is 7.83. The molecule has 1 unspecified atom stereocenters. The number of aliphatic hydroxyl groups is 1. The van der Waals surface area contributed by atoms with Crippen LogP contribution in [0.1, 0.15) is 36.6 Å². The second kappa shape index (κ2) is 5.46. The minimum Gasteiger partial charge on any atom is -0.396 e. The van der Waals surface area contributed by atoms with E-state index in [0.717, 1.165) is 19.4 Å². The third kappa shape index (κ3) is 2.44. The van der Waals surface area contributed by atoms with Crippen molar-refractivity contribution in [2.75, 3.05) is 13.2 Å². The molecule has 4 heteroatoms. The standard InChI is InChI=1S/C12H17NO2S/c14-8-2-6-12(15)13-7-1-4-10(13)11-5-3-9-16-11/h3,5,9-10,14H,1-2,4,6-8H2. The zero-order valence-corrected chi connectivity index (χ0v) is 10.1. The van der Waals surface area contributed by atoms with Crippen molar-refractivity contribution in [3.8, 4) is 0 Å². The maximum Gasteiger partial charge on any atom is 0.223 e. The summed E-state index contributed by atoms with van der Waals surface area (Å²) in [5.41, 5.74) is 0. The largest absolute Gasteiger partial charge is 0.396 e. The lowest BCUT2D eigenvalue weighted by molar-refractivity contribution is -0.132. The van der Waals surface area contributed by atoms with Crippen LogP contribution in [0.2, 0.25) is 0 Å². The molecule has 0 saturated carbocycles. The highest BCUT2D eigenvalue weighted by Crippen LogP contribution is 2.34. The number of hydrogen-bond acceptors (Lipinski definition) is 3. The molecule has 16 heavy (non-hydrogen) atoms. The Balaban J connectivity index is 2.01. The molecule has 1 fully saturated rings. The molecule has 0 bridgehead atoms. The van der Waals surface area contributed by atoms with Crippen molar-refractivity contribution in [1.29, 1.82) is 0 Å². The number of carbonyl (C=O) groups is 1. The second-order valence-corrected chi connectivity index (χ2v) is 5.07. The molecule has 1 aromatic rings. The minimum absolute atomic E-state index is 0.100. The van der Waals surface area contributed by atoms with E-state index in [1.165, 1.54) is 4.88 Å². The molecule has 3 nitrogen and oxygen atoms in total. The Labute approximate surface area is 99.7 Å². The normalized spacial score (nSPS) is 20.3. The predicted octanol–water partition coefficient (Wildman–Crippen LogP) is 2.18. The quantitative estimate of drug-likeness (QED) is 0.875. The van der Waals surface area contributed by atoms with E-state index in [4.69, 9.17) is 5.11 Å². The molecule has 1 aliphatic rings. The third-order valence-electron chi connectivity index (χ3n) is 2.99. The van der Waals surface area contributed by atoms with Gasteiger partial charge in [0.25, 0.3) is 0 Å². The monoisotopic (exact) mass is 239 g/mol. The van der Waals surface area contributed by atoms with Gasteiger partial charge in [0.2, 0.25) is 5.91 Å². The Bertz CT molecular complexity index is 337. The fraction of sp³-hybridized carbons (Fsp3) is 0.583. The van der Waals surface area contributed by atoms with Crippen LogP contribution in [-0.2, 0) is 4.79 Å². The zero-order chi connectivity index (χ0) is 11.4. The number of nitrogens with zero attached hydrogens (tertiary/aromatic N) is 1. The lowest BCUT2D eigenvalue weighted by Gasteiger charge is -2.23. The summed E-state index contributed by atoms with van der Waals surface area (Å²) < 4.78 is 0. The average molecular weight is 239 g/mol. The summed E-state index contributed by atoms with van der Waals surface area (Å²) in [6, 6.07) is 4.42. The molecule has 0 radical (unpaired) electrons. The van der Waals surface area contributed by atoms with Gasteiger partial charge in [0.1, 0.15) is 0 Å². The van der Waals surface area contributed by atoms with Gasteiger partial charge in [0.15, 0.2) is 0 Å². The van der Waals surface area contributed by atoms with E-state index in [1.807, 2.05) is 11.0 Å². The Kier molecular flexibility index (Phi) is 3.96. The van der Waals surface area contributed by atoms with E-state index in [9.17, 15) is 4.79 Å². The van der Waals surface area contributed by atoms with E-state index in [1.54, 1.807) is 11.3 Å². The summed E-state index contributed by atoms with van der Waals surface area (Å²) >= 11 is 1.72. The van der Waals surface area contributed by atoms with E-state index >= 15 is 0 Å². The van der Waals surface area contributed by atoms with Gasteiger partial charge in [0, 0.05) is 24.4 Å². The predicted molar refractivity (Wildman–Crippen MR) is 64.3 cm³/mol. The summed E-state index contributed by atoms with van der Waals surface area (Å²) in [6.45, 7) is 0.968. The molecule has 0 aromatic carbocycles. The molecule has 1 N–H and O–H groups in total. The van der Waals surface area contributed by atoms with Gasteiger partial charge in [0.05, 0.1) is 6.04 Å². The maximum atomic E-state index is 11.9. The first-order valence-corrected chi connectivity index (χ1v) is 6.64. The summed E-state index contributed by atoms with van der Waals surface area (Å²) in [4.78, 5) is 15.2. The molecule has 1 atom stereocenters.